The maximum absolute atomic E-state index is 12.8. The number of nitrogens with zero attached hydrogens (tertiary/aromatic N) is 5. The molecule has 0 radical (unpaired) electrons. The number of amides is 1. The summed E-state index contributed by atoms with van der Waals surface area (Å²) >= 11 is 1.38. The van der Waals surface area contributed by atoms with Gasteiger partial charge in [0.05, 0.1) is 18.4 Å². The van der Waals surface area contributed by atoms with Crippen LogP contribution in [0.1, 0.15) is 30.1 Å². The minimum atomic E-state index is -0.120. The van der Waals surface area contributed by atoms with Gasteiger partial charge in [-0.3, -0.25) is 9.69 Å². The molecular weight excluding hydrogens is 382 g/mol. The average Bonchev–Trinajstić information content (AvgIpc) is 3.53. The monoisotopic (exact) mass is 403 g/mol. The van der Waals surface area contributed by atoms with Crippen LogP contribution in [0, 0.1) is 11.3 Å². The van der Waals surface area contributed by atoms with Crippen molar-refractivity contribution >= 4 is 23.4 Å². The Labute approximate surface area is 174 Å². The molecule has 0 saturated heterocycles. The van der Waals surface area contributed by atoms with Crippen LogP contribution in [0.3, 0.4) is 0 Å². The first-order valence-corrected chi connectivity index (χ1v) is 10.6. The van der Waals surface area contributed by atoms with E-state index in [-0.39, 0.29) is 18.2 Å². The standard InChI is InChI=1S/C22H21N5OS/c23-13-14-26(19-9-5-2-6-10-19)20(28)16-29-22-25-24-21(18-11-12-18)27(22)15-17-7-3-1-4-8-17/h1-10,18H,11-12,14-16H2. The van der Waals surface area contributed by atoms with Crippen molar-refractivity contribution in [3.8, 4) is 6.07 Å². The number of hydrogen-bond acceptors (Lipinski definition) is 5. The lowest BCUT2D eigenvalue weighted by molar-refractivity contribution is -0.116. The van der Waals surface area contributed by atoms with Crippen molar-refractivity contribution in [3.05, 3.63) is 72.1 Å². The Morgan fingerprint density at radius 2 is 1.79 bits per heavy atom. The summed E-state index contributed by atoms with van der Waals surface area (Å²) in [5.41, 5.74) is 1.90. The van der Waals surface area contributed by atoms with E-state index >= 15 is 0 Å². The van der Waals surface area contributed by atoms with Crippen LogP contribution < -0.4 is 4.90 Å². The minimum Gasteiger partial charge on any atom is -0.301 e. The molecule has 1 amide bonds. The van der Waals surface area contributed by atoms with E-state index in [2.05, 4.69) is 33.0 Å². The minimum absolute atomic E-state index is 0.0213. The predicted molar refractivity (Wildman–Crippen MR) is 113 cm³/mol. The third-order valence-corrected chi connectivity index (χ3v) is 5.75. The van der Waals surface area contributed by atoms with Crippen molar-refractivity contribution in [1.82, 2.24) is 14.8 Å². The number of hydrogen-bond donors (Lipinski definition) is 0. The second-order valence-corrected chi connectivity index (χ2v) is 7.89. The molecule has 0 spiro atoms. The van der Waals surface area contributed by atoms with Gasteiger partial charge >= 0.3 is 0 Å². The van der Waals surface area contributed by atoms with E-state index in [1.807, 2.05) is 48.5 Å². The average molecular weight is 404 g/mol. The molecule has 1 aliphatic carbocycles. The number of aromatic nitrogens is 3. The highest BCUT2D eigenvalue weighted by molar-refractivity contribution is 7.99. The van der Waals surface area contributed by atoms with Gasteiger partial charge in [-0.1, -0.05) is 60.3 Å². The van der Waals surface area contributed by atoms with E-state index in [1.54, 1.807) is 0 Å². The summed E-state index contributed by atoms with van der Waals surface area (Å²) in [6.45, 7) is 0.713. The molecule has 0 N–H and O–H groups in total. The molecule has 4 rings (SSSR count). The number of carbonyl (C=O) groups is 1. The van der Waals surface area contributed by atoms with Crippen molar-refractivity contribution in [2.24, 2.45) is 0 Å². The van der Waals surface area contributed by atoms with Crippen molar-refractivity contribution in [1.29, 1.82) is 5.26 Å². The fraction of sp³-hybridized carbons (Fsp3) is 0.273. The number of carbonyl (C=O) groups excluding carboxylic acids is 1. The Balaban J connectivity index is 1.50. The topological polar surface area (TPSA) is 74.8 Å². The van der Waals surface area contributed by atoms with Gasteiger partial charge in [0.25, 0.3) is 0 Å². The molecule has 0 unspecified atom stereocenters. The molecule has 6 nitrogen and oxygen atoms in total. The molecule has 1 heterocycles. The summed E-state index contributed by atoms with van der Waals surface area (Å²) in [6.07, 6.45) is 2.28. The molecule has 146 valence electrons. The van der Waals surface area contributed by atoms with Crippen LogP contribution in [-0.2, 0) is 11.3 Å². The Bertz CT molecular complexity index is 1010. The molecule has 1 aromatic heterocycles. The number of rotatable bonds is 8. The van der Waals surface area contributed by atoms with E-state index < -0.39 is 0 Å². The van der Waals surface area contributed by atoms with E-state index in [0.29, 0.717) is 12.5 Å². The third kappa shape index (κ3) is 4.66. The fourth-order valence-electron chi connectivity index (χ4n) is 3.17. The van der Waals surface area contributed by atoms with Gasteiger partial charge in [-0.05, 0) is 30.5 Å². The molecule has 3 aromatic rings. The lowest BCUT2D eigenvalue weighted by Crippen LogP contribution is -2.32. The van der Waals surface area contributed by atoms with Crippen molar-refractivity contribution in [3.63, 3.8) is 0 Å². The van der Waals surface area contributed by atoms with E-state index in [4.69, 9.17) is 5.26 Å². The second kappa shape index (κ2) is 8.93. The molecule has 0 bridgehead atoms. The zero-order chi connectivity index (χ0) is 20.1. The van der Waals surface area contributed by atoms with Crippen LogP contribution >= 0.6 is 11.8 Å². The van der Waals surface area contributed by atoms with Crippen LogP contribution in [0.25, 0.3) is 0 Å². The predicted octanol–water partition coefficient (Wildman–Crippen LogP) is 3.85. The Hall–Kier alpha value is -3.11. The number of nitriles is 1. The van der Waals surface area contributed by atoms with Gasteiger partial charge in [-0.2, -0.15) is 5.26 Å². The van der Waals surface area contributed by atoms with Crippen LogP contribution in [0.2, 0.25) is 0 Å². The SMILES string of the molecule is N#CCN(C(=O)CSc1nnc(C2CC2)n1Cc1ccccc1)c1ccccc1. The molecular formula is C22H21N5OS. The molecule has 1 fully saturated rings. The highest BCUT2D eigenvalue weighted by Gasteiger charge is 2.30. The maximum Gasteiger partial charge on any atom is 0.238 e. The van der Waals surface area contributed by atoms with Crippen molar-refractivity contribution < 1.29 is 4.79 Å². The summed E-state index contributed by atoms with van der Waals surface area (Å²) in [7, 11) is 0. The first-order valence-electron chi connectivity index (χ1n) is 9.58. The first kappa shape index (κ1) is 19.2. The third-order valence-electron chi connectivity index (χ3n) is 4.79. The largest absolute Gasteiger partial charge is 0.301 e. The van der Waals surface area contributed by atoms with Crippen LogP contribution in [0.5, 0.6) is 0 Å². The Kier molecular flexibility index (Phi) is 5.92. The van der Waals surface area contributed by atoms with Crippen molar-refractivity contribution in [2.45, 2.75) is 30.5 Å². The van der Waals surface area contributed by atoms with Gasteiger partial charge in [0.1, 0.15) is 12.4 Å². The second-order valence-electron chi connectivity index (χ2n) is 6.95. The van der Waals surface area contributed by atoms with E-state index in [0.717, 1.165) is 29.5 Å². The number of thioether (sulfide) groups is 1. The van der Waals surface area contributed by atoms with Gasteiger partial charge in [0.15, 0.2) is 5.16 Å². The van der Waals surface area contributed by atoms with Crippen LogP contribution in [-0.4, -0.2) is 33.0 Å². The van der Waals surface area contributed by atoms with Gasteiger partial charge in [-0.15, -0.1) is 10.2 Å². The molecule has 1 aliphatic rings. The quantitative estimate of drug-likeness (QED) is 0.422. The summed E-state index contributed by atoms with van der Waals surface area (Å²) in [4.78, 5) is 14.3. The van der Waals surface area contributed by atoms with Crippen LogP contribution in [0.15, 0.2) is 65.8 Å². The normalized spacial score (nSPS) is 13.1. The summed E-state index contributed by atoms with van der Waals surface area (Å²) in [6, 6.07) is 21.6. The zero-order valence-corrected chi connectivity index (χ0v) is 16.8. The highest BCUT2D eigenvalue weighted by atomic mass is 32.2. The summed E-state index contributed by atoms with van der Waals surface area (Å²) in [5.74, 6) is 1.55. The van der Waals surface area contributed by atoms with Crippen molar-refractivity contribution in [2.75, 3.05) is 17.2 Å². The summed E-state index contributed by atoms with van der Waals surface area (Å²) in [5, 5.41) is 18.6. The molecule has 0 atom stereocenters. The fourth-order valence-corrected chi connectivity index (χ4v) is 3.99. The van der Waals surface area contributed by atoms with Gasteiger partial charge in [-0.25, -0.2) is 0 Å². The Morgan fingerprint density at radius 3 is 2.45 bits per heavy atom. The first-order chi connectivity index (χ1) is 14.3. The van der Waals surface area contributed by atoms with Gasteiger partial charge < -0.3 is 4.57 Å². The van der Waals surface area contributed by atoms with Crippen LogP contribution in [0.4, 0.5) is 5.69 Å². The number of para-hydroxylation sites is 1. The number of benzene rings is 2. The molecule has 7 heteroatoms. The maximum atomic E-state index is 12.8. The van der Waals surface area contributed by atoms with Gasteiger partial charge in [0, 0.05) is 11.6 Å². The van der Waals surface area contributed by atoms with E-state index in [1.165, 1.54) is 22.2 Å². The van der Waals surface area contributed by atoms with Gasteiger partial charge in [0.2, 0.25) is 5.91 Å². The number of anilines is 1. The molecule has 2 aromatic carbocycles. The summed E-state index contributed by atoms with van der Waals surface area (Å²) < 4.78 is 2.13. The lowest BCUT2D eigenvalue weighted by Gasteiger charge is -2.19. The van der Waals surface area contributed by atoms with E-state index in [9.17, 15) is 4.79 Å². The Morgan fingerprint density at radius 1 is 1.10 bits per heavy atom. The molecule has 29 heavy (non-hydrogen) atoms. The lowest BCUT2D eigenvalue weighted by atomic mass is 10.2. The smallest absolute Gasteiger partial charge is 0.238 e. The zero-order valence-electron chi connectivity index (χ0n) is 15.9. The molecule has 0 aliphatic heterocycles. The highest BCUT2D eigenvalue weighted by Crippen LogP contribution is 2.40. The molecule has 1 saturated carbocycles.